The number of aromatic amines is 2. The second-order valence-electron chi connectivity index (χ2n) is 10.5. The molecule has 1 fully saturated rings. The Labute approximate surface area is 239 Å². The molecule has 212 valence electrons. The first kappa shape index (κ1) is 26.9. The van der Waals surface area contributed by atoms with Crippen molar-refractivity contribution in [2.75, 3.05) is 18.5 Å². The van der Waals surface area contributed by atoms with Crippen LogP contribution in [-0.2, 0) is 6.54 Å². The summed E-state index contributed by atoms with van der Waals surface area (Å²) in [7, 11) is 0. The van der Waals surface area contributed by atoms with Gasteiger partial charge < -0.3 is 10.1 Å². The average molecular weight is 578 g/mol. The molecular weight excluding hydrogens is 548 g/mol. The van der Waals surface area contributed by atoms with Gasteiger partial charge in [0.2, 0.25) is 17.3 Å². The zero-order chi connectivity index (χ0) is 28.5. The highest BCUT2D eigenvalue weighted by molar-refractivity contribution is 6.30. The van der Waals surface area contributed by atoms with E-state index in [1.54, 1.807) is 6.07 Å². The van der Waals surface area contributed by atoms with E-state index in [-0.39, 0.29) is 35.9 Å². The summed E-state index contributed by atoms with van der Waals surface area (Å²) in [6, 6.07) is 11.2. The van der Waals surface area contributed by atoms with Gasteiger partial charge in [0.05, 0.1) is 30.3 Å². The number of halogens is 1. The van der Waals surface area contributed by atoms with E-state index in [0.29, 0.717) is 46.2 Å². The Kier molecular flexibility index (Phi) is 7.41. The van der Waals surface area contributed by atoms with Crippen molar-refractivity contribution in [2.45, 2.75) is 39.2 Å². The van der Waals surface area contributed by atoms with Gasteiger partial charge in [-0.3, -0.25) is 19.6 Å². The molecule has 0 amide bonds. The Morgan fingerprint density at radius 2 is 1.95 bits per heavy atom. The number of nitrogens with one attached hydrogen (secondary N) is 3. The molecule has 0 saturated heterocycles. The summed E-state index contributed by atoms with van der Waals surface area (Å²) >= 11 is 6.35. The van der Waals surface area contributed by atoms with Gasteiger partial charge in [0.1, 0.15) is 11.4 Å². The van der Waals surface area contributed by atoms with Crippen LogP contribution in [0, 0.1) is 11.8 Å². The number of aliphatic hydroxyl groups is 1. The molecule has 12 nitrogen and oxygen atoms in total. The van der Waals surface area contributed by atoms with Crippen LogP contribution in [0.3, 0.4) is 0 Å². The quantitative estimate of drug-likeness (QED) is 0.204. The van der Waals surface area contributed by atoms with Gasteiger partial charge in [0.25, 0.3) is 5.56 Å². The van der Waals surface area contributed by atoms with Gasteiger partial charge in [0, 0.05) is 6.20 Å². The van der Waals surface area contributed by atoms with E-state index < -0.39 is 5.76 Å². The number of aliphatic hydroxyl groups excluding tert-OH is 1. The van der Waals surface area contributed by atoms with E-state index in [9.17, 15) is 14.7 Å². The molecule has 4 aromatic heterocycles. The van der Waals surface area contributed by atoms with Crippen LogP contribution < -0.4 is 21.2 Å². The average Bonchev–Trinajstić information content (AvgIpc) is 3.55. The molecule has 4 N–H and O–H groups in total. The predicted molar refractivity (Wildman–Crippen MR) is 153 cm³/mol. The molecule has 6 rings (SSSR count). The smallest absolute Gasteiger partial charge is 0.393 e. The summed E-state index contributed by atoms with van der Waals surface area (Å²) in [6.45, 7) is 3.13. The second-order valence-corrected chi connectivity index (χ2v) is 10.9. The lowest BCUT2D eigenvalue weighted by molar-refractivity contribution is -0.664. The van der Waals surface area contributed by atoms with Crippen molar-refractivity contribution in [2.24, 2.45) is 11.8 Å². The molecule has 0 spiro atoms. The van der Waals surface area contributed by atoms with E-state index in [0.717, 1.165) is 31.4 Å². The van der Waals surface area contributed by atoms with E-state index >= 15 is 0 Å². The Morgan fingerprint density at radius 3 is 2.66 bits per heavy atom. The standard InChI is InChI=1S/C28H29ClN8O4/c1-16-7-9-17(10-8-16)15-36-22-21(20-13-18(29)14-31-26(20)39)32-23(24-34-28(40)41-35-24)33-25(22)37(27(36)30-11-12-38)19-5-3-2-4-6-19/h2-6,13-14,16-17,38H,7-12,15H2,1H3,(H2,31,32,33,34,35,39,40)/p+1. The molecule has 13 heteroatoms. The Bertz CT molecular complexity index is 1800. The van der Waals surface area contributed by atoms with Gasteiger partial charge >= 0.3 is 11.7 Å². The maximum atomic E-state index is 13.2. The van der Waals surface area contributed by atoms with Crippen molar-refractivity contribution < 1.29 is 14.2 Å². The number of fused-ring (bicyclic) bond motifs is 1. The Morgan fingerprint density at radius 1 is 1.17 bits per heavy atom. The van der Waals surface area contributed by atoms with E-state index in [2.05, 4.69) is 31.9 Å². The van der Waals surface area contributed by atoms with Crippen molar-refractivity contribution in [1.29, 1.82) is 0 Å². The first-order valence-electron chi connectivity index (χ1n) is 13.6. The molecule has 5 aromatic rings. The van der Waals surface area contributed by atoms with Gasteiger partial charge in [-0.2, -0.15) is 9.55 Å². The number of nitrogens with zero attached hydrogens (tertiary/aromatic N) is 5. The van der Waals surface area contributed by atoms with Crippen LogP contribution in [0.1, 0.15) is 32.6 Å². The highest BCUT2D eigenvalue weighted by atomic mass is 35.5. The summed E-state index contributed by atoms with van der Waals surface area (Å²) in [5.41, 5.74) is 2.06. The number of hydrogen-bond donors (Lipinski definition) is 4. The minimum atomic E-state index is -0.754. The molecule has 1 saturated carbocycles. The van der Waals surface area contributed by atoms with Crippen molar-refractivity contribution in [3.8, 4) is 28.6 Å². The van der Waals surface area contributed by atoms with Crippen molar-refractivity contribution >= 4 is 28.7 Å². The second kappa shape index (κ2) is 11.3. The number of hydrogen-bond acceptors (Lipinski definition) is 8. The van der Waals surface area contributed by atoms with Crippen LogP contribution >= 0.6 is 11.6 Å². The molecule has 41 heavy (non-hydrogen) atoms. The maximum absolute atomic E-state index is 13.2. The third-order valence-corrected chi connectivity index (χ3v) is 7.79. The van der Waals surface area contributed by atoms with E-state index in [4.69, 9.17) is 26.1 Å². The third kappa shape index (κ3) is 5.27. The summed E-state index contributed by atoms with van der Waals surface area (Å²) in [5.74, 6) is 1.09. The number of imidazole rings is 1. The summed E-state index contributed by atoms with van der Waals surface area (Å²) < 4.78 is 8.78. The number of rotatable bonds is 8. The van der Waals surface area contributed by atoms with Gasteiger partial charge in [-0.05, 0) is 42.9 Å². The molecule has 0 aliphatic heterocycles. The van der Waals surface area contributed by atoms with Crippen LogP contribution in [-0.4, -0.2) is 47.9 Å². The van der Waals surface area contributed by atoms with Crippen molar-refractivity contribution in [3.05, 3.63) is 68.5 Å². The normalized spacial score (nSPS) is 17.2. The summed E-state index contributed by atoms with van der Waals surface area (Å²) in [4.78, 5) is 39.9. The van der Waals surface area contributed by atoms with Crippen LogP contribution in [0.15, 0.2) is 56.7 Å². The lowest BCUT2D eigenvalue weighted by Gasteiger charge is -2.25. The minimum absolute atomic E-state index is 0.0232. The molecule has 0 radical (unpaired) electrons. The number of H-pyrrole nitrogens is 2. The van der Waals surface area contributed by atoms with E-state index in [1.807, 2.05) is 34.9 Å². The van der Waals surface area contributed by atoms with Crippen molar-refractivity contribution in [3.63, 3.8) is 0 Å². The van der Waals surface area contributed by atoms with E-state index in [1.165, 1.54) is 6.20 Å². The third-order valence-electron chi connectivity index (χ3n) is 7.58. The fraction of sp³-hybridized carbons (Fsp3) is 0.357. The van der Waals surface area contributed by atoms with Crippen LogP contribution in [0.5, 0.6) is 0 Å². The molecule has 4 heterocycles. The lowest BCUT2D eigenvalue weighted by Crippen LogP contribution is -2.42. The van der Waals surface area contributed by atoms with Crippen molar-refractivity contribution in [1.82, 2.24) is 29.7 Å². The number of benzene rings is 1. The Hall–Kier alpha value is -4.29. The van der Waals surface area contributed by atoms with Crippen LogP contribution in [0.2, 0.25) is 5.02 Å². The maximum Gasteiger partial charge on any atom is 0.439 e. The molecule has 0 bridgehead atoms. The minimum Gasteiger partial charge on any atom is -0.393 e. The molecule has 0 atom stereocenters. The topological polar surface area (TPSA) is 159 Å². The highest BCUT2D eigenvalue weighted by Crippen LogP contribution is 2.33. The number of pyridine rings is 1. The predicted octanol–water partition coefficient (Wildman–Crippen LogP) is 3.29. The van der Waals surface area contributed by atoms with Crippen LogP contribution in [0.4, 0.5) is 5.95 Å². The zero-order valence-electron chi connectivity index (χ0n) is 22.4. The fourth-order valence-electron chi connectivity index (χ4n) is 5.54. The Balaban J connectivity index is 1.71. The largest absolute Gasteiger partial charge is 0.439 e. The van der Waals surface area contributed by atoms with Crippen LogP contribution in [0.25, 0.3) is 39.8 Å². The monoisotopic (exact) mass is 577 g/mol. The molecule has 0 unspecified atom stereocenters. The molecule has 1 aliphatic rings. The SMILES string of the molecule is CC1CCC(C[n+]2c(NCCO)n(-c3ccccc3)c3nc(-c4noc(=O)[nH]4)nc(-c4cc(Cl)c[nH]c4=O)c32)CC1. The number of para-hydroxylation sites is 1. The highest BCUT2D eigenvalue weighted by Gasteiger charge is 2.34. The summed E-state index contributed by atoms with van der Waals surface area (Å²) in [5, 5.41) is 17.3. The first-order valence-corrected chi connectivity index (χ1v) is 14.0. The van der Waals surface area contributed by atoms with Gasteiger partial charge in [-0.15, -0.1) is 0 Å². The first-order chi connectivity index (χ1) is 19.9. The van der Waals surface area contributed by atoms with Gasteiger partial charge in [-0.1, -0.05) is 54.7 Å². The zero-order valence-corrected chi connectivity index (χ0v) is 23.2. The molecular formula is C28H30ClN8O4+. The number of aromatic nitrogens is 7. The molecule has 1 aromatic carbocycles. The number of anilines is 1. The fourth-order valence-corrected chi connectivity index (χ4v) is 5.70. The van der Waals surface area contributed by atoms with Gasteiger partial charge in [-0.25, -0.2) is 14.3 Å². The van der Waals surface area contributed by atoms with Gasteiger partial charge in [0.15, 0.2) is 5.52 Å². The molecule has 1 aliphatic carbocycles. The summed E-state index contributed by atoms with van der Waals surface area (Å²) in [6.07, 6.45) is 5.84. The lowest BCUT2D eigenvalue weighted by atomic mass is 9.83.